The molecule has 4 nitrogen and oxygen atoms in total. The first-order chi connectivity index (χ1) is 10.7. The van der Waals surface area contributed by atoms with Crippen molar-refractivity contribution in [3.63, 3.8) is 0 Å². The highest BCUT2D eigenvalue weighted by atomic mass is 35.5. The number of hydrogen-bond donors (Lipinski definition) is 1. The maximum atomic E-state index is 13.0. The fourth-order valence-electron chi connectivity index (χ4n) is 3.79. The van der Waals surface area contributed by atoms with Gasteiger partial charge in [-0.2, -0.15) is 0 Å². The smallest absolute Gasteiger partial charge is 0.226 e. The summed E-state index contributed by atoms with van der Waals surface area (Å²) in [5, 5.41) is 0. The van der Waals surface area contributed by atoms with Gasteiger partial charge in [-0.1, -0.05) is 36.8 Å². The number of morpholine rings is 1. The van der Waals surface area contributed by atoms with Gasteiger partial charge in [0.15, 0.2) is 0 Å². The number of amides is 1. The molecule has 1 aromatic rings. The molecule has 1 amide bonds. The van der Waals surface area contributed by atoms with Crippen molar-refractivity contribution in [2.24, 2.45) is 17.6 Å². The minimum atomic E-state index is -0.0147. The number of nitrogens with zero attached hydrogens (tertiary/aromatic N) is 1. The molecule has 2 aliphatic rings. The highest BCUT2D eigenvalue weighted by molar-refractivity contribution is 5.85. The van der Waals surface area contributed by atoms with E-state index in [0.29, 0.717) is 25.6 Å². The Bertz CT molecular complexity index is 511. The monoisotopic (exact) mass is 338 g/mol. The second-order valence-corrected chi connectivity index (χ2v) is 6.61. The average molecular weight is 339 g/mol. The Labute approximate surface area is 144 Å². The van der Waals surface area contributed by atoms with E-state index in [1.54, 1.807) is 0 Å². The van der Waals surface area contributed by atoms with Crippen LogP contribution in [0.25, 0.3) is 0 Å². The molecule has 23 heavy (non-hydrogen) atoms. The van der Waals surface area contributed by atoms with E-state index in [4.69, 9.17) is 10.5 Å². The van der Waals surface area contributed by atoms with Crippen LogP contribution in [0.5, 0.6) is 0 Å². The number of benzene rings is 1. The Kier molecular flexibility index (Phi) is 6.45. The van der Waals surface area contributed by atoms with E-state index in [1.807, 2.05) is 23.1 Å². The minimum absolute atomic E-state index is 0. The summed E-state index contributed by atoms with van der Waals surface area (Å²) in [6.07, 6.45) is 3.19. The van der Waals surface area contributed by atoms with Crippen LogP contribution in [0, 0.1) is 11.8 Å². The Morgan fingerprint density at radius 3 is 2.74 bits per heavy atom. The third kappa shape index (κ3) is 3.87. The van der Waals surface area contributed by atoms with Crippen molar-refractivity contribution in [2.75, 3.05) is 19.7 Å². The van der Waals surface area contributed by atoms with E-state index in [1.165, 1.54) is 0 Å². The summed E-state index contributed by atoms with van der Waals surface area (Å²) in [6.45, 7) is 3.95. The minimum Gasteiger partial charge on any atom is -0.370 e. The van der Waals surface area contributed by atoms with Crippen molar-refractivity contribution < 1.29 is 9.53 Å². The molecule has 5 heteroatoms. The van der Waals surface area contributed by atoms with Crippen molar-refractivity contribution in [1.29, 1.82) is 0 Å². The molecule has 2 N–H and O–H groups in total. The summed E-state index contributed by atoms with van der Waals surface area (Å²) in [4.78, 5) is 15.0. The van der Waals surface area contributed by atoms with Gasteiger partial charge in [0.05, 0.1) is 19.2 Å². The zero-order valence-electron chi connectivity index (χ0n) is 13.7. The van der Waals surface area contributed by atoms with Crippen LogP contribution in [0.2, 0.25) is 0 Å². The third-order valence-electron chi connectivity index (χ3n) is 5.17. The van der Waals surface area contributed by atoms with Crippen LogP contribution >= 0.6 is 12.4 Å². The lowest BCUT2D eigenvalue weighted by Gasteiger charge is -2.40. The Morgan fingerprint density at radius 1 is 1.30 bits per heavy atom. The van der Waals surface area contributed by atoms with Crippen molar-refractivity contribution >= 4 is 18.3 Å². The van der Waals surface area contributed by atoms with Crippen molar-refractivity contribution in [3.8, 4) is 0 Å². The van der Waals surface area contributed by atoms with Gasteiger partial charge >= 0.3 is 0 Å². The highest BCUT2D eigenvalue weighted by Crippen LogP contribution is 2.34. The molecule has 0 aromatic heterocycles. The normalized spacial score (nSPS) is 30.8. The summed E-state index contributed by atoms with van der Waals surface area (Å²) < 4.78 is 5.95. The lowest BCUT2D eigenvalue weighted by Crippen LogP contribution is -2.51. The van der Waals surface area contributed by atoms with Crippen LogP contribution < -0.4 is 5.73 Å². The molecule has 1 aromatic carbocycles. The molecule has 1 saturated heterocycles. The maximum Gasteiger partial charge on any atom is 0.226 e. The molecule has 1 heterocycles. The van der Waals surface area contributed by atoms with Gasteiger partial charge in [0.1, 0.15) is 6.10 Å². The van der Waals surface area contributed by atoms with E-state index < -0.39 is 0 Å². The predicted octanol–water partition coefficient (Wildman–Crippen LogP) is 2.77. The quantitative estimate of drug-likeness (QED) is 0.922. The van der Waals surface area contributed by atoms with Gasteiger partial charge in [0.2, 0.25) is 5.91 Å². The number of carbonyl (C=O) groups is 1. The van der Waals surface area contributed by atoms with Gasteiger partial charge in [0.25, 0.3) is 0 Å². The second-order valence-electron chi connectivity index (χ2n) is 6.61. The first-order valence-electron chi connectivity index (χ1n) is 8.37. The number of rotatable bonds is 3. The molecule has 1 aliphatic heterocycles. The van der Waals surface area contributed by atoms with Crippen LogP contribution in [0.15, 0.2) is 30.3 Å². The molecule has 128 valence electrons. The molecule has 1 saturated carbocycles. The Morgan fingerprint density at radius 2 is 2.04 bits per heavy atom. The molecule has 3 rings (SSSR count). The Balaban J connectivity index is 0.00000192. The summed E-state index contributed by atoms with van der Waals surface area (Å²) in [5.74, 6) is 0.754. The average Bonchev–Trinajstić information content (AvgIpc) is 3.04. The SMILES string of the molecule is CC1COC(c2ccccc2)CN1C(=O)[C@@H]1CCC[C@@H]1CN.Cl. The van der Waals surface area contributed by atoms with Crippen LogP contribution in [0.3, 0.4) is 0 Å². The van der Waals surface area contributed by atoms with E-state index in [0.717, 1.165) is 24.8 Å². The predicted molar refractivity (Wildman–Crippen MR) is 93.4 cm³/mol. The molecule has 2 unspecified atom stereocenters. The largest absolute Gasteiger partial charge is 0.370 e. The topological polar surface area (TPSA) is 55.6 Å². The van der Waals surface area contributed by atoms with Gasteiger partial charge in [-0.25, -0.2) is 0 Å². The zero-order valence-corrected chi connectivity index (χ0v) is 14.5. The molecule has 4 atom stereocenters. The zero-order chi connectivity index (χ0) is 15.5. The summed E-state index contributed by atoms with van der Waals surface area (Å²) in [6, 6.07) is 10.3. The van der Waals surface area contributed by atoms with Crippen LogP contribution in [-0.4, -0.2) is 36.5 Å². The summed E-state index contributed by atoms with van der Waals surface area (Å²) in [5.41, 5.74) is 7.00. The molecule has 0 spiro atoms. The van der Waals surface area contributed by atoms with Gasteiger partial charge in [-0.05, 0) is 37.8 Å². The van der Waals surface area contributed by atoms with Gasteiger partial charge in [-0.3, -0.25) is 4.79 Å². The summed E-state index contributed by atoms with van der Waals surface area (Å²) in [7, 11) is 0. The first kappa shape index (κ1) is 18.2. The van der Waals surface area contributed by atoms with Gasteiger partial charge < -0.3 is 15.4 Å². The molecule has 2 fully saturated rings. The number of nitrogens with two attached hydrogens (primary N) is 1. The molecule has 0 radical (unpaired) electrons. The van der Waals surface area contributed by atoms with Crippen LogP contribution in [-0.2, 0) is 9.53 Å². The number of halogens is 1. The fourth-order valence-corrected chi connectivity index (χ4v) is 3.79. The second kappa shape index (κ2) is 8.13. The summed E-state index contributed by atoms with van der Waals surface area (Å²) >= 11 is 0. The van der Waals surface area contributed by atoms with E-state index in [9.17, 15) is 4.79 Å². The van der Waals surface area contributed by atoms with Crippen molar-refractivity contribution in [1.82, 2.24) is 4.90 Å². The van der Waals surface area contributed by atoms with Crippen LogP contribution in [0.4, 0.5) is 0 Å². The number of ether oxygens (including phenoxy) is 1. The molecular weight excluding hydrogens is 312 g/mol. The molecule has 1 aliphatic carbocycles. The third-order valence-corrected chi connectivity index (χ3v) is 5.17. The van der Waals surface area contributed by atoms with E-state index in [2.05, 4.69) is 19.1 Å². The standard InChI is InChI=1S/C18H26N2O2.ClH/c1-13-12-22-17(14-6-3-2-4-7-14)11-20(13)18(21)16-9-5-8-15(16)10-19;/h2-4,6-7,13,15-17H,5,8-12,19H2,1H3;1H/t13?,15-,16-,17?;/m1./s1. The molecule has 0 bridgehead atoms. The van der Waals surface area contributed by atoms with Gasteiger partial charge in [-0.15, -0.1) is 12.4 Å². The van der Waals surface area contributed by atoms with E-state index >= 15 is 0 Å². The fraction of sp³-hybridized carbons (Fsp3) is 0.611. The van der Waals surface area contributed by atoms with Crippen molar-refractivity contribution in [3.05, 3.63) is 35.9 Å². The number of carbonyl (C=O) groups excluding carboxylic acids is 1. The van der Waals surface area contributed by atoms with E-state index in [-0.39, 0.29) is 36.4 Å². The number of hydrogen-bond acceptors (Lipinski definition) is 3. The molecular formula is C18H27ClN2O2. The lowest BCUT2D eigenvalue weighted by molar-refractivity contribution is -0.149. The highest BCUT2D eigenvalue weighted by Gasteiger charge is 2.38. The van der Waals surface area contributed by atoms with Crippen molar-refractivity contribution in [2.45, 2.75) is 38.3 Å². The maximum absolute atomic E-state index is 13.0. The Hall–Kier alpha value is -1.10. The van der Waals surface area contributed by atoms with Gasteiger partial charge in [0, 0.05) is 5.92 Å². The van der Waals surface area contributed by atoms with Crippen LogP contribution in [0.1, 0.15) is 37.9 Å². The first-order valence-corrected chi connectivity index (χ1v) is 8.37. The lowest BCUT2D eigenvalue weighted by atomic mass is 9.93.